The zero-order valence-corrected chi connectivity index (χ0v) is 16.9. The molecule has 0 spiro atoms. The summed E-state index contributed by atoms with van der Waals surface area (Å²) in [6.07, 6.45) is -6.55. The van der Waals surface area contributed by atoms with E-state index >= 15 is 0 Å². The lowest BCUT2D eigenvalue weighted by Gasteiger charge is -2.16. The summed E-state index contributed by atoms with van der Waals surface area (Å²) in [7, 11) is 0. The maximum absolute atomic E-state index is 13.4. The number of hydrogen-bond donors (Lipinski definition) is 1. The molecule has 2 aromatic carbocycles. The molecule has 0 aliphatic rings. The first-order chi connectivity index (χ1) is 13.5. The van der Waals surface area contributed by atoms with Crippen molar-refractivity contribution in [1.29, 1.82) is 0 Å². The highest BCUT2D eigenvalue weighted by Crippen LogP contribution is 2.31. The van der Waals surface area contributed by atoms with E-state index in [0.717, 1.165) is 9.79 Å². The van der Waals surface area contributed by atoms with Crippen LogP contribution >= 0.6 is 23.5 Å². The SMILES string of the molecule is CSc1ccc(N=C(/C=C(\Nc2ccc(SC)cc2)C(F)(F)F)C(F)(F)F)cc1. The van der Waals surface area contributed by atoms with Crippen LogP contribution < -0.4 is 5.32 Å². The lowest BCUT2D eigenvalue weighted by Crippen LogP contribution is -2.26. The number of thioether (sulfide) groups is 2. The summed E-state index contributed by atoms with van der Waals surface area (Å²) in [5, 5.41) is 2.02. The van der Waals surface area contributed by atoms with Gasteiger partial charge in [0.05, 0.1) is 5.69 Å². The van der Waals surface area contributed by atoms with Crippen LogP contribution in [0.1, 0.15) is 0 Å². The van der Waals surface area contributed by atoms with E-state index in [0.29, 0.717) is 0 Å². The van der Waals surface area contributed by atoms with Crippen LogP contribution in [0.2, 0.25) is 0 Å². The standard InChI is InChI=1S/C19H16F6N2S2/c1-28-14-7-3-12(4-8-14)26-16(18(20,21)22)11-17(19(23,24)25)27-13-5-9-15(29-2)10-6-13/h3-11,26H,1-2H3/b16-11-,27-17?. The molecule has 2 aromatic rings. The summed E-state index contributed by atoms with van der Waals surface area (Å²) in [6, 6.07) is 11.5. The molecule has 0 bridgehead atoms. The highest BCUT2D eigenvalue weighted by Gasteiger charge is 2.40. The Bertz CT molecular complexity index is 870. The summed E-state index contributed by atoms with van der Waals surface area (Å²) >= 11 is 2.76. The molecule has 0 radical (unpaired) electrons. The minimum atomic E-state index is -5.07. The van der Waals surface area contributed by atoms with Crippen LogP contribution in [0.5, 0.6) is 0 Å². The fourth-order valence-electron chi connectivity index (χ4n) is 2.13. The Morgan fingerprint density at radius 3 is 1.69 bits per heavy atom. The largest absolute Gasteiger partial charge is 0.433 e. The van der Waals surface area contributed by atoms with Gasteiger partial charge in [-0.2, -0.15) is 26.3 Å². The molecule has 0 saturated heterocycles. The number of hydrogen-bond acceptors (Lipinski definition) is 4. The fraction of sp³-hybridized carbons (Fsp3) is 0.211. The summed E-state index contributed by atoms with van der Waals surface area (Å²) in [5.74, 6) is 0. The lowest BCUT2D eigenvalue weighted by atomic mass is 10.2. The molecule has 156 valence electrons. The fourth-order valence-corrected chi connectivity index (χ4v) is 2.95. The van der Waals surface area contributed by atoms with Gasteiger partial charge in [0.2, 0.25) is 0 Å². The maximum atomic E-state index is 13.4. The van der Waals surface area contributed by atoms with E-state index in [1.807, 2.05) is 5.32 Å². The van der Waals surface area contributed by atoms with Gasteiger partial charge in [-0.25, -0.2) is 4.99 Å². The molecular formula is C19H16F6N2S2. The Kier molecular flexibility index (Phi) is 7.70. The molecule has 0 saturated carbocycles. The third-order valence-corrected chi connectivity index (χ3v) is 5.06. The van der Waals surface area contributed by atoms with Crippen LogP contribution in [-0.2, 0) is 0 Å². The third kappa shape index (κ3) is 7.04. The van der Waals surface area contributed by atoms with Crippen molar-refractivity contribution in [2.45, 2.75) is 22.1 Å². The molecule has 1 N–H and O–H groups in total. The Balaban J connectivity index is 2.45. The first kappa shape index (κ1) is 23.2. The predicted octanol–water partition coefficient (Wildman–Crippen LogP) is 7.32. The minimum absolute atomic E-state index is 0.0113. The Labute approximate surface area is 172 Å². The maximum Gasteiger partial charge on any atom is 0.433 e. The molecule has 0 fully saturated rings. The molecule has 29 heavy (non-hydrogen) atoms. The van der Waals surface area contributed by atoms with E-state index in [1.165, 1.54) is 59.9 Å². The Morgan fingerprint density at radius 1 is 0.793 bits per heavy atom. The number of alkyl halides is 6. The molecule has 0 aliphatic carbocycles. The summed E-state index contributed by atoms with van der Waals surface area (Å²) in [4.78, 5) is 4.99. The molecule has 0 aliphatic heterocycles. The molecule has 10 heteroatoms. The topological polar surface area (TPSA) is 24.4 Å². The van der Waals surface area contributed by atoms with Gasteiger partial charge < -0.3 is 5.32 Å². The first-order valence-electron chi connectivity index (χ1n) is 8.03. The lowest BCUT2D eigenvalue weighted by molar-refractivity contribution is -0.0904. The summed E-state index contributed by atoms with van der Waals surface area (Å²) in [5.41, 5.74) is -3.31. The third-order valence-electron chi connectivity index (χ3n) is 3.57. The Morgan fingerprint density at radius 2 is 1.28 bits per heavy atom. The van der Waals surface area contributed by atoms with Crippen LogP contribution in [0.4, 0.5) is 37.7 Å². The molecule has 2 rings (SSSR count). The number of halogens is 6. The van der Waals surface area contributed by atoms with Crippen molar-refractivity contribution in [1.82, 2.24) is 0 Å². The number of allylic oxidation sites excluding steroid dienone is 2. The van der Waals surface area contributed by atoms with Gasteiger partial charge in [-0.1, -0.05) is 0 Å². The normalized spacial score (nSPS) is 13.5. The van der Waals surface area contributed by atoms with Gasteiger partial charge in [0.25, 0.3) is 0 Å². The summed E-state index contributed by atoms with van der Waals surface area (Å²) < 4.78 is 80.2. The van der Waals surface area contributed by atoms with Gasteiger partial charge in [-0.15, -0.1) is 23.5 Å². The highest BCUT2D eigenvalue weighted by molar-refractivity contribution is 7.98. The number of aliphatic imine (C=N–C) groups is 1. The average Bonchev–Trinajstić information content (AvgIpc) is 2.66. The van der Waals surface area contributed by atoms with Crippen molar-refractivity contribution in [3.63, 3.8) is 0 Å². The molecular weight excluding hydrogens is 434 g/mol. The molecule has 0 heterocycles. The molecule has 0 unspecified atom stereocenters. The zero-order valence-electron chi connectivity index (χ0n) is 15.2. The van der Waals surface area contributed by atoms with Crippen LogP contribution in [0.15, 0.2) is 75.1 Å². The van der Waals surface area contributed by atoms with E-state index < -0.39 is 23.8 Å². The highest BCUT2D eigenvalue weighted by atomic mass is 32.2. The predicted molar refractivity (Wildman–Crippen MR) is 107 cm³/mol. The Hall–Kier alpha value is -2.07. The number of benzene rings is 2. The molecule has 0 atom stereocenters. The number of nitrogens with one attached hydrogen (secondary N) is 1. The van der Waals surface area contributed by atoms with Crippen molar-refractivity contribution in [2.24, 2.45) is 4.99 Å². The monoisotopic (exact) mass is 450 g/mol. The number of rotatable bonds is 6. The minimum Gasteiger partial charge on any atom is -0.351 e. The van der Waals surface area contributed by atoms with Crippen LogP contribution in [-0.4, -0.2) is 30.6 Å². The average molecular weight is 450 g/mol. The second kappa shape index (κ2) is 9.62. The summed E-state index contributed by atoms with van der Waals surface area (Å²) in [6.45, 7) is 0. The first-order valence-corrected chi connectivity index (χ1v) is 10.5. The van der Waals surface area contributed by atoms with Crippen LogP contribution in [0.25, 0.3) is 0 Å². The van der Waals surface area contributed by atoms with E-state index in [4.69, 9.17) is 0 Å². The smallest absolute Gasteiger partial charge is 0.351 e. The second-order valence-electron chi connectivity index (χ2n) is 5.60. The van der Waals surface area contributed by atoms with Crippen molar-refractivity contribution in [2.75, 3.05) is 17.8 Å². The van der Waals surface area contributed by atoms with Crippen molar-refractivity contribution in [3.05, 3.63) is 60.3 Å². The van der Waals surface area contributed by atoms with Gasteiger partial charge >= 0.3 is 12.4 Å². The quantitative estimate of drug-likeness (QED) is 0.283. The van der Waals surface area contributed by atoms with E-state index in [9.17, 15) is 26.3 Å². The van der Waals surface area contributed by atoms with Gasteiger partial charge in [-0.3, -0.25) is 0 Å². The van der Waals surface area contributed by atoms with E-state index in [-0.39, 0.29) is 17.5 Å². The van der Waals surface area contributed by atoms with Gasteiger partial charge in [0, 0.05) is 15.5 Å². The second-order valence-corrected chi connectivity index (χ2v) is 7.36. The van der Waals surface area contributed by atoms with Gasteiger partial charge in [-0.05, 0) is 67.1 Å². The van der Waals surface area contributed by atoms with Crippen molar-refractivity contribution in [3.8, 4) is 0 Å². The van der Waals surface area contributed by atoms with Gasteiger partial charge in [0.15, 0.2) is 0 Å². The van der Waals surface area contributed by atoms with E-state index in [2.05, 4.69) is 4.99 Å². The molecule has 0 amide bonds. The van der Waals surface area contributed by atoms with Crippen LogP contribution in [0, 0.1) is 0 Å². The van der Waals surface area contributed by atoms with E-state index in [1.54, 1.807) is 24.6 Å². The van der Waals surface area contributed by atoms with Crippen molar-refractivity contribution < 1.29 is 26.3 Å². The molecule has 2 nitrogen and oxygen atoms in total. The van der Waals surface area contributed by atoms with Crippen LogP contribution in [0.3, 0.4) is 0 Å². The molecule has 0 aromatic heterocycles. The zero-order chi connectivity index (χ0) is 21.7. The van der Waals surface area contributed by atoms with Crippen molar-refractivity contribution >= 4 is 40.6 Å². The van der Waals surface area contributed by atoms with Gasteiger partial charge in [0.1, 0.15) is 11.4 Å². The number of nitrogens with zero attached hydrogens (tertiary/aromatic N) is 1. The number of anilines is 1.